The van der Waals surface area contributed by atoms with Gasteiger partial charge in [-0.2, -0.15) is 0 Å². The highest BCUT2D eigenvalue weighted by Gasteiger charge is 2.16. The Balaban J connectivity index is 3.06. The normalized spacial score (nSPS) is 11.7. The number of phenolic OH excluding ortho intramolecular Hbond substituents is 2. The highest BCUT2D eigenvalue weighted by atomic mass is 16.3. The molecule has 0 saturated heterocycles. The van der Waals surface area contributed by atoms with Gasteiger partial charge in [0, 0.05) is 11.1 Å². The molecule has 3 heteroatoms. The molecule has 78 valence electrons. The minimum absolute atomic E-state index is 0.112. The van der Waals surface area contributed by atoms with E-state index in [0.29, 0.717) is 12.0 Å². The second-order valence-corrected chi connectivity index (χ2v) is 4.38. The van der Waals surface area contributed by atoms with Crippen LogP contribution >= 0.6 is 0 Å². The molecule has 1 aromatic rings. The zero-order chi connectivity index (χ0) is 10.9. The van der Waals surface area contributed by atoms with E-state index >= 15 is 0 Å². The summed E-state index contributed by atoms with van der Waals surface area (Å²) < 4.78 is 0. The molecule has 0 fully saturated rings. The zero-order valence-corrected chi connectivity index (χ0v) is 8.83. The Bertz CT molecular complexity index is 340. The van der Waals surface area contributed by atoms with Crippen molar-refractivity contribution in [1.82, 2.24) is 0 Å². The largest absolute Gasteiger partial charge is 0.508 e. The highest BCUT2D eigenvalue weighted by Crippen LogP contribution is 2.30. The molecular formula is C11H17NO2. The molecule has 0 aliphatic carbocycles. The molecule has 0 saturated carbocycles. The summed E-state index contributed by atoms with van der Waals surface area (Å²) in [5, 5.41) is 19.1. The predicted molar refractivity (Wildman–Crippen MR) is 56.5 cm³/mol. The molecule has 1 rings (SSSR count). The van der Waals surface area contributed by atoms with Gasteiger partial charge in [-0.1, -0.05) is 6.07 Å². The van der Waals surface area contributed by atoms with Crippen molar-refractivity contribution in [2.75, 3.05) is 0 Å². The number of phenols is 2. The van der Waals surface area contributed by atoms with Crippen LogP contribution in [0.15, 0.2) is 12.1 Å². The summed E-state index contributed by atoms with van der Waals surface area (Å²) in [6.07, 6.45) is 0.583. The first-order valence-electron chi connectivity index (χ1n) is 4.60. The molecule has 0 radical (unpaired) electrons. The number of benzene rings is 1. The van der Waals surface area contributed by atoms with Crippen molar-refractivity contribution >= 4 is 0 Å². The molecule has 0 bridgehead atoms. The smallest absolute Gasteiger partial charge is 0.125 e. The molecule has 14 heavy (non-hydrogen) atoms. The van der Waals surface area contributed by atoms with Crippen molar-refractivity contribution < 1.29 is 10.2 Å². The summed E-state index contributed by atoms with van der Waals surface area (Å²) in [6.45, 7) is 5.47. The first-order chi connectivity index (χ1) is 6.31. The van der Waals surface area contributed by atoms with Crippen LogP contribution in [0.5, 0.6) is 11.5 Å². The number of aromatic hydroxyl groups is 2. The Labute approximate surface area is 84.2 Å². The third-order valence-electron chi connectivity index (χ3n) is 2.13. The fourth-order valence-electron chi connectivity index (χ4n) is 1.38. The monoisotopic (exact) mass is 195 g/mol. The van der Waals surface area contributed by atoms with Crippen molar-refractivity contribution in [2.24, 2.45) is 5.73 Å². The predicted octanol–water partition coefficient (Wildman–Crippen LogP) is 1.69. The molecule has 0 amide bonds. The molecular weight excluding hydrogens is 178 g/mol. The Kier molecular flexibility index (Phi) is 2.71. The van der Waals surface area contributed by atoms with Gasteiger partial charge >= 0.3 is 0 Å². The van der Waals surface area contributed by atoms with E-state index in [0.717, 1.165) is 5.56 Å². The Hall–Kier alpha value is -1.22. The van der Waals surface area contributed by atoms with Gasteiger partial charge in [-0.15, -0.1) is 0 Å². The second kappa shape index (κ2) is 3.50. The van der Waals surface area contributed by atoms with Crippen LogP contribution in [0, 0.1) is 6.92 Å². The van der Waals surface area contributed by atoms with E-state index in [2.05, 4.69) is 0 Å². The van der Waals surface area contributed by atoms with E-state index in [-0.39, 0.29) is 17.0 Å². The lowest BCUT2D eigenvalue weighted by Gasteiger charge is -2.19. The maximum atomic E-state index is 9.73. The lowest BCUT2D eigenvalue weighted by atomic mass is 9.94. The van der Waals surface area contributed by atoms with Crippen LogP contribution in [0.2, 0.25) is 0 Å². The number of hydrogen-bond donors (Lipinski definition) is 3. The molecule has 0 spiro atoms. The van der Waals surface area contributed by atoms with Crippen LogP contribution in [0.1, 0.15) is 25.0 Å². The van der Waals surface area contributed by atoms with Gasteiger partial charge in [0.2, 0.25) is 0 Å². The molecule has 0 atom stereocenters. The third kappa shape index (κ3) is 2.39. The summed E-state index contributed by atoms with van der Waals surface area (Å²) in [4.78, 5) is 0. The number of rotatable bonds is 2. The molecule has 3 nitrogen and oxygen atoms in total. The Morgan fingerprint density at radius 1 is 1.29 bits per heavy atom. The average molecular weight is 195 g/mol. The Morgan fingerprint density at radius 2 is 1.86 bits per heavy atom. The number of hydrogen-bond acceptors (Lipinski definition) is 3. The van der Waals surface area contributed by atoms with Crippen molar-refractivity contribution in [3.63, 3.8) is 0 Å². The van der Waals surface area contributed by atoms with Crippen molar-refractivity contribution in [3.05, 3.63) is 23.3 Å². The maximum absolute atomic E-state index is 9.73. The van der Waals surface area contributed by atoms with Gasteiger partial charge in [0.15, 0.2) is 0 Å². The summed E-state index contributed by atoms with van der Waals surface area (Å²) in [6, 6.07) is 3.28. The molecule has 0 aliphatic rings. The van der Waals surface area contributed by atoms with Gasteiger partial charge in [-0.05, 0) is 38.8 Å². The van der Waals surface area contributed by atoms with Crippen molar-refractivity contribution in [3.8, 4) is 11.5 Å². The van der Waals surface area contributed by atoms with E-state index in [9.17, 15) is 10.2 Å². The van der Waals surface area contributed by atoms with Gasteiger partial charge in [0.05, 0.1) is 0 Å². The summed E-state index contributed by atoms with van der Waals surface area (Å²) in [5.41, 5.74) is 6.77. The summed E-state index contributed by atoms with van der Waals surface area (Å²) >= 11 is 0. The minimum atomic E-state index is -0.360. The van der Waals surface area contributed by atoms with Crippen LogP contribution in [0.4, 0.5) is 0 Å². The van der Waals surface area contributed by atoms with Crippen LogP contribution in [0.25, 0.3) is 0 Å². The standard InChI is InChI=1S/C11H17NO2/c1-7-9(13)5-4-8(10(7)14)6-11(2,3)12/h4-5,13-14H,6,12H2,1-3H3. The summed E-state index contributed by atoms with van der Waals surface area (Å²) in [5.74, 6) is 0.254. The van der Waals surface area contributed by atoms with E-state index in [1.54, 1.807) is 19.1 Å². The molecule has 0 aliphatic heterocycles. The van der Waals surface area contributed by atoms with Crippen molar-refractivity contribution in [2.45, 2.75) is 32.7 Å². The molecule has 1 aromatic carbocycles. The van der Waals surface area contributed by atoms with Gasteiger partial charge in [-0.25, -0.2) is 0 Å². The topological polar surface area (TPSA) is 66.5 Å². The minimum Gasteiger partial charge on any atom is -0.508 e. The fraction of sp³-hybridized carbons (Fsp3) is 0.455. The van der Waals surface area contributed by atoms with Crippen LogP contribution < -0.4 is 5.73 Å². The average Bonchev–Trinajstić information content (AvgIpc) is 2.04. The van der Waals surface area contributed by atoms with E-state index in [1.165, 1.54) is 0 Å². The van der Waals surface area contributed by atoms with Crippen LogP contribution in [-0.2, 0) is 6.42 Å². The van der Waals surface area contributed by atoms with Crippen LogP contribution in [-0.4, -0.2) is 15.8 Å². The van der Waals surface area contributed by atoms with E-state index < -0.39 is 0 Å². The van der Waals surface area contributed by atoms with Gasteiger partial charge in [0.1, 0.15) is 11.5 Å². The molecule has 0 unspecified atom stereocenters. The van der Waals surface area contributed by atoms with Gasteiger partial charge < -0.3 is 15.9 Å². The van der Waals surface area contributed by atoms with Gasteiger partial charge in [0.25, 0.3) is 0 Å². The number of nitrogens with two attached hydrogens (primary N) is 1. The highest BCUT2D eigenvalue weighted by molar-refractivity contribution is 5.48. The third-order valence-corrected chi connectivity index (χ3v) is 2.13. The lowest BCUT2D eigenvalue weighted by Crippen LogP contribution is -2.34. The van der Waals surface area contributed by atoms with E-state index in [1.807, 2.05) is 13.8 Å². The zero-order valence-electron chi connectivity index (χ0n) is 8.83. The second-order valence-electron chi connectivity index (χ2n) is 4.38. The quantitative estimate of drug-likeness (QED) is 0.672. The summed E-state index contributed by atoms with van der Waals surface area (Å²) in [7, 11) is 0. The maximum Gasteiger partial charge on any atom is 0.125 e. The molecule has 0 aromatic heterocycles. The first kappa shape index (κ1) is 10.9. The van der Waals surface area contributed by atoms with E-state index in [4.69, 9.17) is 5.73 Å². The van der Waals surface area contributed by atoms with Gasteiger partial charge in [-0.3, -0.25) is 0 Å². The molecule has 4 N–H and O–H groups in total. The Morgan fingerprint density at radius 3 is 2.36 bits per heavy atom. The first-order valence-corrected chi connectivity index (χ1v) is 4.60. The SMILES string of the molecule is Cc1c(O)ccc(CC(C)(C)N)c1O. The van der Waals surface area contributed by atoms with Crippen molar-refractivity contribution in [1.29, 1.82) is 0 Å². The molecule has 0 heterocycles. The lowest BCUT2D eigenvalue weighted by molar-refractivity contribution is 0.429. The van der Waals surface area contributed by atoms with Crippen LogP contribution in [0.3, 0.4) is 0 Å². The fourth-order valence-corrected chi connectivity index (χ4v) is 1.38.